The van der Waals surface area contributed by atoms with Crippen molar-refractivity contribution in [2.45, 2.75) is 38.1 Å². The normalized spacial score (nSPS) is 17.0. The number of nitrogens with zero attached hydrogens (tertiary/aromatic N) is 1. The fourth-order valence-electron chi connectivity index (χ4n) is 4.05. The molecule has 1 N–H and O–H groups in total. The summed E-state index contributed by atoms with van der Waals surface area (Å²) in [5.74, 6) is -0.357. The number of rotatable bonds is 7. The molecule has 0 radical (unpaired) electrons. The van der Waals surface area contributed by atoms with E-state index in [9.17, 15) is 13.2 Å². The molecule has 1 fully saturated rings. The zero-order valence-electron chi connectivity index (χ0n) is 18.1. The molecule has 0 saturated carbocycles. The quantitative estimate of drug-likeness (QED) is 0.678. The Balaban J connectivity index is 1.82. The van der Waals surface area contributed by atoms with E-state index in [4.69, 9.17) is 16.3 Å². The highest BCUT2D eigenvalue weighted by molar-refractivity contribution is 7.92. The van der Waals surface area contributed by atoms with Gasteiger partial charge in [0.2, 0.25) is 15.9 Å². The molecule has 1 amide bonds. The summed E-state index contributed by atoms with van der Waals surface area (Å²) in [6.07, 6.45) is 2.67. The number of nitrogens with one attached hydrogen (secondary N) is 1. The van der Waals surface area contributed by atoms with Gasteiger partial charge in [-0.3, -0.25) is 9.10 Å². The number of benzene rings is 2. The Morgan fingerprint density at radius 1 is 1.19 bits per heavy atom. The lowest BCUT2D eigenvalue weighted by atomic mass is 9.74. The van der Waals surface area contributed by atoms with E-state index in [1.54, 1.807) is 25.1 Å². The van der Waals surface area contributed by atoms with Crippen LogP contribution in [0.2, 0.25) is 5.02 Å². The lowest BCUT2D eigenvalue weighted by Crippen LogP contribution is -2.51. The van der Waals surface area contributed by atoms with Gasteiger partial charge in [0.25, 0.3) is 0 Å². The molecule has 168 valence electrons. The number of halogens is 1. The molecule has 1 aliphatic heterocycles. The van der Waals surface area contributed by atoms with Crippen LogP contribution in [0.4, 0.5) is 5.69 Å². The molecule has 2 aromatic carbocycles. The first-order valence-corrected chi connectivity index (χ1v) is 12.5. The Bertz CT molecular complexity index is 1020. The van der Waals surface area contributed by atoms with Gasteiger partial charge >= 0.3 is 0 Å². The van der Waals surface area contributed by atoms with Crippen LogP contribution in [0.5, 0.6) is 0 Å². The van der Waals surface area contributed by atoms with E-state index in [1.165, 1.54) is 0 Å². The number of aryl methyl sites for hydroxylation is 1. The van der Waals surface area contributed by atoms with E-state index in [0.29, 0.717) is 30.5 Å². The Kier molecular flexibility index (Phi) is 7.29. The molecule has 1 atom stereocenters. The van der Waals surface area contributed by atoms with Crippen molar-refractivity contribution >= 4 is 33.2 Å². The Labute approximate surface area is 189 Å². The molecular formula is C23H29ClN2O4S. The molecule has 0 bridgehead atoms. The van der Waals surface area contributed by atoms with Crippen molar-refractivity contribution in [3.8, 4) is 0 Å². The summed E-state index contributed by atoms with van der Waals surface area (Å²) in [5.41, 5.74) is 2.11. The molecule has 0 unspecified atom stereocenters. The number of anilines is 1. The molecule has 6 nitrogen and oxygen atoms in total. The molecule has 31 heavy (non-hydrogen) atoms. The van der Waals surface area contributed by atoms with Crippen LogP contribution in [0.3, 0.4) is 0 Å². The molecule has 1 saturated heterocycles. The van der Waals surface area contributed by atoms with Gasteiger partial charge in [0, 0.05) is 30.2 Å². The number of amides is 1. The second-order valence-electron chi connectivity index (χ2n) is 8.14. The first-order valence-electron chi connectivity index (χ1n) is 10.3. The van der Waals surface area contributed by atoms with Crippen molar-refractivity contribution < 1.29 is 17.9 Å². The SMILES string of the molecule is Cc1ccc(N([C@H](C)C(=O)NCC2(c3ccccc3)CCOCC2)S(C)(=O)=O)cc1Cl. The number of carbonyl (C=O) groups excluding carboxylic acids is 1. The summed E-state index contributed by atoms with van der Waals surface area (Å²) in [6.45, 7) is 5.08. The third-order valence-corrected chi connectivity index (χ3v) is 7.58. The minimum absolute atomic E-state index is 0.238. The van der Waals surface area contributed by atoms with Crippen LogP contribution in [0.15, 0.2) is 48.5 Å². The van der Waals surface area contributed by atoms with Gasteiger partial charge in [-0.15, -0.1) is 0 Å². The van der Waals surface area contributed by atoms with Crippen LogP contribution >= 0.6 is 11.6 Å². The summed E-state index contributed by atoms with van der Waals surface area (Å²) in [7, 11) is -3.71. The molecule has 0 aromatic heterocycles. The van der Waals surface area contributed by atoms with Gasteiger partial charge in [-0.25, -0.2) is 8.42 Å². The Morgan fingerprint density at radius 2 is 1.84 bits per heavy atom. The van der Waals surface area contributed by atoms with Crippen LogP contribution in [-0.2, 0) is 25.0 Å². The summed E-state index contributed by atoms with van der Waals surface area (Å²) in [6, 6.07) is 14.1. The highest BCUT2D eigenvalue weighted by Gasteiger charge is 2.36. The van der Waals surface area contributed by atoms with Gasteiger partial charge in [-0.1, -0.05) is 48.0 Å². The number of ether oxygens (including phenoxy) is 1. The smallest absolute Gasteiger partial charge is 0.243 e. The van der Waals surface area contributed by atoms with Crippen LogP contribution in [0.1, 0.15) is 30.9 Å². The molecule has 1 heterocycles. The van der Waals surface area contributed by atoms with E-state index in [1.807, 2.05) is 25.1 Å². The zero-order chi connectivity index (χ0) is 22.6. The molecule has 2 aromatic rings. The average Bonchev–Trinajstić information content (AvgIpc) is 2.75. The fourth-order valence-corrected chi connectivity index (χ4v) is 5.39. The molecule has 1 aliphatic rings. The van der Waals surface area contributed by atoms with Crippen molar-refractivity contribution in [1.82, 2.24) is 5.32 Å². The molecule has 0 aliphatic carbocycles. The number of sulfonamides is 1. The van der Waals surface area contributed by atoms with Crippen molar-refractivity contribution in [3.63, 3.8) is 0 Å². The number of carbonyl (C=O) groups is 1. The summed E-state index contributed by atoms with van der Waals surface area (Å²) < 4.78 is 31.8. The lowest BCUT2D eigenvalue weighted by molar-refractivity contribution is -0.122. The standard InChI is InChI=1S/C23H29ClN2O4S/c1-17-9-10-20(15-21(17)24)26(31(3,28)29)18(2)22(27)25-16-23(11-13-30-14-12-23)19-7-5-4-6-8-19/h4-10,15,18H,11-14,16H2,1-3H3,(H,25,27)/t18-/m1/s1. The largest absolute Gasteiger partial charge is 0.381 e. The lowest BCUT2D eigenvalue weighted by Gasteiger charge is -2.38. The second-order valence-corrected chi connectivity index (χ2v) is 10.4. The fraction of sp³-hybridized carbons (Fsp3) is 0.435. The first-order chi connectivity index (χ1) is 14.6. The van der Waals surface area contributed by atoms with E-state index >= 15 is 0 Å². The summed E-state index contributed by atoms with van der Waals surface area (Å²) in [4.78, 5) is 13.1. The van der Waals surface area contributed by atoms with Gasteiger partial charge in [0.1, 0.15) is 6.04 Å². The maximum Gasteiger partial charge on any atom is 0.243 e. The molecule has 0 spiro atoms. The van der Waals surface area contributed by atoms with E-state index in [0.717, 1.165) is 34.5 Å². The monoisotopic (exact) mass is 464 g/mol. The van der Waals surface area contributed by atoms with Crippen LogP contribution < -0.4 is 9.62 Å². The topological polar surface area (TPSA) is 75.7 Å². The van der Waals surface area contributed by atoms with Crippen molar-refractivity contribution in [2.24, 2.45) is 0 Å². The molecule has 8 heteroatoms. The maximum atomic E-state index is 13.1. The minimum Gasteiger partial charge on any atom is -0.381 e. The Morgan fingerprint density at radius 3 is 2.42 bits per heavy atom. The third-order valence-electron chi connectivity index (χ3n) is 5.94. The van der Waals surface area contributed by atoms with Crippen molar-refractivity contribution in [1.29, 1.82) is 0 Å². The molecular weight excluding hydrogens is 436 g/mol. The zero-order valence-corrected chi connectivity index (χ0v) is 19.7. The Hall–Kier alpha value is -2.09. The maximum absolute atomic E-state index is 13.1. The van der Waals surface area contributed by atoms with Gasteiger partial charge in [0.15, 0.2) is 0 Å². The van der Waals surface area contributed by atoms with E-state index in [2.05, 4.69) is 17.4 Å². The summed E-state index contributed by atoms with van der Waals surface area (Å²) >= 11 is 6.21. The predicted molar refractivity (Wildman–Crippen MR) is 124 cm³/mol. The van der Waals surface area contributed by atoms with Gasteiger partial charge < -0.3 is 10.1 Å². The second kappa shape index (κ2) is 9.59. The average molecular weight is 465 g/mol. The molecule has 3 rings (SSSR count). The van der Waals surface area contributed by atoms with Gasteiger partial charge in [-0.2, -0.15) is 0 Å². The predicted octanol–water partition coefficient (Wildman–Crippen LogP) is 3.67. The van der Waals surface area contributed by atoms with Gasteiger partial charge in [0.05, 0.1) is 11.9 Å². The summed E-state index contributed by atoms with van der Waals surface area (Å²) in [5, 5.41) is 3.45. The highest BCUT2D eigenvalue weighted by atomic mass is 35.5. The first kappa shape index (κ1) is 23.6. The van der Waals surface area contributed by atoms with Crippen LogP contribution in [-0.4, -0.2) is 46.4 Å². The van der Waals surface area contributed by atoms with Crippen LogP contribution in [0.25, 0.3) is 0 Å². The van der Waals surface area contributed by atoms with Crippen molar-refractivity contribution in [3.05, 3.63) is 64.7 Å². The van der Waals surface area contributed by atoms with Crippen molar-refractivity contribution in [2.75, 3.05) is 30.3 Å². The van der Waals surface area contributed by atoms with Crippen LogP contribution in [0, 0.1) is 6.92 Å². The number of hydrogen-bond donors (Lipinski definition) is 1. The highest BCUT2D eigenvalue weighted by Crippen LogP contribution is 2.34. The minimum atomic E-state index is -3.71. The number of hydrogen-bond acceptors (Lipinski definition) is 4. The van der Waals surface area contributed by atoms with Gasteiger partial charge in [-0.05, 0) is 49.9 Å². The third kappa shape index (κ3) is 5.40. The van der Waals surface area contributed by atoms with E-state index < -0.39 is 16.1 Å². The van der Waals surface area contributed by atoms with E-state index in [-0.39, 0.29) is 11.3 Å².